The lowest BCUT2D eigenvalue weighted by atomic mass is 9.82. The zero-order valence-electron chi connectivity index (χ0n) is 10.1. The van der Waals surface area contributed by atoms with Gasteiger partial charge in [-0.15, -0.1) is 0 Å². The summed E-state index contributed by atoms with van der Waals surface area (Å²) in [4.78, 5) is 12.2. The Kier molecular flexibility index (Phi) is 3.15. The molecule has 0 bridgehead atoms. The molecular formula is C13H15Br2NO. The number of carbonyl (C=O) groups excluding carboxylic acids is 1. The van der Waals surface area contributed by atoms with E-state index in [1.807, 2.05) is 18.2 Å². The van der Waals surface area contributed by atoms with E-state index in [-0.39, 0.29) is 11.3 Å². The molecule has 1 aliphatic rings. The van der Waals surface area contributed by atoms with Gasteiger partial charge in [-0.1, -0.05) is 52.6 Å². The van der Waals surface area contributed by atoms with Gasteiger partial charge in [-0.05, 0) is 30.0 Å². The number of nitrogens with one attached hydrogen (secondary N) is 1. The number of anilines is 1. The zero-order valence-corrected chi connectivity index (χ0v) is 13.3. The minimum Gasteiger partial charge on any atom is -0.324 e. The van der Waals surface area contributed by atoms with E-state index in [1.165, 1.54) is 0 Å². The minimum absolute atomic E-state index is 0.0283. The first-order valence-electron chi connectivity index (χ1n) is 5.53. The molecule has 2 nitrogen and oxygen atoms in total. The predicted octanol–water partition coefficient (Wildman–Crippen LogP) is 4.43. The van der Waals surface area contributed by atoms with Crippen molar-refractivity contribution in [1.29, 1.82) is 0 Å². The second-order valence-electron chi connectivity index (χ2n) is 5.68. The van der Waals surface area contributed by atoms with Gasteiger partial charge in [-0.3, -0.25) is 4.79 Å². The monoisotopic (exact) mass is 359 g/mol. The molecule has 92 valence electrons. The van der Waals surface area contributed by atoms with Crippen molar-refractivity contribution in [2.45, 2.75) is 31.5 Å². The molecule has 1 heterocycles. The third kappa shape index (κ3) is 2.43. The van der Waals surface area contributed by atoms with E-state index in [2.05, 4.69) is 57.9 Å². The summed E-state index contributed by atoms with van der Waals surface area (Å²) in [5.41, 5.74) is 2.00. The molecule has 1 N–H and O–H groups in total. The van der Waals surface area contributed by atoms with Gasteiger partial charge in [-0.2, -0.15) is 0 Å². The molecule has 2 rings (SSSR count). The van der Waals surface area contributed by atoms with E-state index in [1.54, 1.807) is 0 Å². The number of fused-ring (bicyclic) bond motifs is 1. The van der Waals surface area contributed by atoms with E-state index in [4.69, 9.17) is 0 Å². The minimum atomic E-state index is -0.607. The summed E-state index contributed by atoms with van der Waals surface area (Å²) in [5, 5.41) is 2.93. The van der Waals surface area contributed by atoms with E-state index < -0.39 is 4.32 Å². The number of hydrogen-bond acceptors (Lipinski definition) is 1. The van der Waals surface area contributed by atoms with Gasteiger partial charge in [0.1, 0.15) is 4.32 Å². The normalized spacial score (nSPS) is 23.5. The van der Waals surface area contributed by atoms with Crippen LogP contribution in [-0.2, 0) is 9.12 Å². The molecule has 0 aliphatic carbocycles. The van der Waals surface area contributed by atoms with Crippen molar-refractivity contribution in [3.63, 3.8) is 0 Å². The summed E-state index contributed by atoms with van der Waals surface area (Å²) in [6.07, 6.45) is 0.759. The number of alkyl halides is 1. The second kappa shape index (κ2) is 4.09. The van der Waals surface area contributed by atoms with Gasteiger partial charge in [0.2, 0.25) is 5.91 Å². The van der Waals surface area contributed by atoms with Crippen LogP contribution in [0.15, 0.2) is 22.7 Å². The van der Waals surface area contributed by atoms with Gasteiger partial charge in [0.05, 0.1) is 0 Å². The second-order valence-corrected chi connectivity index (χ2v) is 7.95. The fourth-order valence-corrected chi connectivity index (χ4v) is 3.83. The molecule has 0 spiro atoms. The van der Waals surface area contributed by atoms with Crippen LogP contribution in [-0.4, -0.2) is 5.91 Å². The third-order valence-electron chi connectivity index (χ3n) is 2.79. The smallest absolute Gasteiger partial charge is 0.245 e. The van der Waals surface area contributed by atoms with E-state index in [9.17, 15) is 4.79 Å². The SMILES string of the molecule is CC(C)(C)CC1(Br)C(=O)Nc2ccc(Br)cc21. The van der Waals surface area contributed by atoms with Crippen LogP contribution in [0, 0.1) is 5.41 Å². The highest BCUT2D eigenvalue weighted by Crippen LogP contribution is 2.49. The maximum absolute atomic E-state index is 12.2. The molecule has 0 aromatic heterocycles. The first-order chi connectivity index (χ1) is 7.72. The molecule has 1 aliphatic heterocycles. The highest BCUT2D eigenvalue weighted by molar-refractivity contribution is 9.10. The number of halogens is 2. The summed E-state index contributed by atoms with van der Waals surface area (Å²) in [5.74, 6) is 0.0283. The lowest BCUT2D eigenvalue weighted by Gasteiger charge is -2.29. The average Bonchev–Trinajstić information content (AvgIpc) is 2.38. The van der Waals surface area contributed by atoms with Gasteiger partial charge < -0.3 is 5.32 Å². The van der Waals surface area contributed by atoms with Crippen LogP contribution in [0.4, 0.5) is 5.69 Å². The molecule has 1 unspecified atom stereocenters. The molecule has 4 heteroatoms. The molecule has 0 radical (unpaired) electrons. The van der Waals surface area contributed by atoms with Crippen molar-refractivity contribution in [3.05, 3.63) is 28.2 Å². The summed E-state index contributed by atoms with van der Waals surface area (Å²) in [6, 6.07) is 5.88. The summed E-state index contributed by atoms with van der Waals surface area (Å²) < 4.78 is 0.384. The van der Waals surface area contributed by atoms with Crippen LogP contribution < -0.4 is 5.32 Å². The molecule has 0 fully saturated rings. The quantitative estimate of drug-likeness (QED) is 0.737. The Morgan fingerprint density at radius 2 is 2.00 bits per heavy atom. The number of rotatable bonds is 1. The molecule has 1 amide bonds. The Bertz CT molecular complexity index is 479. The summed E-state index contributed by atoms with van der Waals surface area (Å²) in [6.45, 7) is 6.41. The van der Waals surface area contributed by atoms with Crippen molar-refractivity contribution in [2.24, 2.45) is 5.41 Å². The largest absolute Gasteiger partial charge is 0.324 e. The lowest BCUT2D eigenvalue weighted by molar-refractivity contribution is -0.118. The number of benzene rings is 1. The highest BCUT2D eigenvalue weighted by atomic mass is 79.9. The van der Waals surface area contributed by atoms with Crippen LogP contribution in [0.25, 0.3) is 0 Å². The van der Waals surface area contributed by atoms with Crippen LogP contribution in [0.5, 0.6) is 0 Å². The summed E-state index contributed by atoms with van der Waals surface area (Å²) in [7, 11) is 0. The van der Waals surface area contributed by atoms with E-state index in [0.717, 1.165) is 22.1 Å². The lowest BCUT2D eigenvalue weighted by Crippen LogP contribution is -2.32. The molecule has 1 aromatic carbocycles. The van der Waals surface area contributed by atoms with Crippen molar-refractivity contribution in [3.8, 4) is 0 Å². The van der Waals surface area contributed by atoms with Crippen LogP contribution in [0.1, 0.15) is 32.8 Å². The van der Waals surface area contributed by atoms with Crippen LogP contribution in [0.2, 0.25) is 0 Å². The molecule has 1 aromatic rings. The molecule has 0 saturated carbocycles. The van der Waals surface area contributed by atoms with Crippen LogP contribution >= 0.6 is 31.9 Å². The number of carbonyl (C=O) groups is 1. The number of hydrogen-bond donors (Lipinski definition) is 1. The molecule has 17 heavy (non-hydrogen) atoms. The molecule has 0 saturated heterocycles. The first kappa shape index (κ1) is 13.1. The van der Waals surface area contributed by atoms with Crippen molar-refractivity contribution in [2.75, 3.05) is 5.32 Å². The fourth-order valence-electron chi connectivity index (χ4n) is 2.20. The Hall–Kier alpha value is -0.350. The van der Waals surface area contributed by atoms with Gasteiger partial charge in [-0.25, -0.2) is 0 Å². The topological polar surface area (TPSA) is 29.1 Å². The number of amides is 1. The van der Waals surface area contributed by atoms with Gasteiger partial charge in [0.25, 0.3) is 0 Å². The Morgan fingerprint density at radius 1 is 1.35 bits per heavy atom. The third-order valence-corrected chi connectivity index (χ3v) is 4.35. The van der Waals surface area contributed by atoms with Gasteiger partial charge >= 0.3 is 0 Å². The first-order valence-corrected chi connectivity index (χ1v) is 7.11. The van der Waals surface area contributed by atoms with Crippen molar-refractivity contribution >= 4 is 43.5 Å². The van der Waals surface area contributed by atoms with E-state index in [0.29, 0.717) is 0 Å². The van der Waals surface area contributed by atoms with E-state index >= 15 is 0 Å². The Balaban J connectivity index is 2.49. The standard InChI is InChI=1S/C13H15Br2NO/c1-12(2,3)7-13(15)9-6-8(14)4-5-10(9)16-11(13)17/h4-6H,7H2,1-3H3,(H,16,17). The van der Waals surface area contributed by atoms with Crippen molar-refractivity contribution < 1.29 is 4.79 Å². The maximum Gasteiger partial charge on any atom is 0.245 e. The molecule has 1 atom stereocenters. The molecular weight excluding hydrogens is 346 g/mol. The zero-order chi connectivity index (χ0) is 12.8. The maximum atomic E-state index is 12.2. The van der Waals surface area contributed by atoms with Crippen molar-refractivity contribution in [1.82, 2.24) is 0 Å². The Labute approximate surface area is 118 Å². The van der Waals surface area contributed by atoms with Gasteiger partial charge in [0, 0.05) is 15.7 Å². The van der Waals surface area contributed by atoms with Gasteiger partial charge in [0.15, 0.2) is 0 Å². The summed E-state index contributed by atoms with van der Waals surface area (Å²) >= 11 is 7.10. The Morgan fingerprint density at radius 3 is 2.59 bits per heavy atom. The fraction of sp³-hybridized carbons (Fsp3) is 0.462. The average molecular weight is 361 g/mol. The highest BCUT2D eigenvalue weighted by Gasteiger charge is 2.46. The van der Waals surface area contributed by atoms with Crippen LogP contribution in [0.3, 0.4) is 0 Å². The predicted molar refractivity (Wildman–Crippen MR) is 77.4 cm³/mol.